The first-order valence-electron chi connectivity index (χ1n) is 4.75. The fourth-order valence-electron chi connectivity index (χ4n) is 1.46. The molecule has 0 atom stereocenters. The van der Waals surface area contributed by atoms with Crippen LogP contribution >= 0.6 is 27.3 Å². The molecule has 0 spiro atoms. The number of hydrogen-bond donors (Lipinski definition) is 2. The van der Waals surface area contributed by atoms with Crippen molar-refractivity contribution in [1.82, 2.24) is 10.2 Å². The lowest BCUT2D eigenvalue weighted by atomic mass is 10.4. The Morgan fingerprint density at radius 2 is 2.29 bits per heavy atom. The molecule has 0 aromatic carbocycles. The van der Waals surface area contributed by atoms with Crippen molar-refractivity contribution < 1.29 is 0 Å². The van der Waals surface area contributed by atoms with E-state index in [0.717, 1.165) is 37.3 Å². The number of rotatable bonds is 3. The molecule has 1 aliphatic heterocycles. The van der Waals surface area contributed by atoms with Crippen LogP contribution in [0, 0.1) is 0 Å². The minimum Gasteiger partial charge on any atom is -0.364 e. The molecule has 1 fully saturated rings. The Bertz CT molecular complexity index is 283. The second kappa shape index (κ2) is 5.11. The minimum atomic E-state index is 0.953. The van der Waals surface area contributed by atoms with Gasteiger partial charge in [0.25, 0.3) is 0 Å². The molecule has 0 saturated carbocycles. The largest absolute Gasteiger partial charge is 0.364 e. The second-order valence-electron chi connectivity index (χ2n) is 3.33. The maximum absolute atomic E-state index is 3.44. The van der Waals surface area contributed by atoms with Crippen LogP contribution in [0.15, 0.2) is 15.9 Å². The van der Waals surface area contributed by atoms with E-state index in [1.54, 1.807) is 11.3 Å². The van der Waals surface area contributed by atoms with E-state index in [1.807, 2.05) is 0 Å². The standard InChI is InChI=1S/C9H14BrN3S/c10-8-5-9(14-6-8)12-7-13-3-1-11-2-4-13/h5-6,11-12H,1-4,7H2. The van der Waals surface area contributed by atoms with Gasteiger partial charge in [-0.3, -0.25) is 4.90 Å². The van der Waals surface area contributed by atoms with E-state index in [0.29, 0.717) is 0 Å². The number of thiophene rings is 1. The number of piperazine rings is 1. The van der Waals surface area contributed by atoms with Crippen LogP contribution in [0.5, 0.6) is 0 Å². The van der Waals surface area contributed by atoms with E-state index in [1.165, 1.54) is 5.00 Å². The maximum Gasteiger partial charge on any atom is 0.0904 e. The highest BCUT2D eigenvalue weighted by Crippen LogP contribution is 2.24. The highest BCUT2D eigenvalue weighted by Gasteiger charge is 2.08. The third-order valence-corrected chi connectivity index (χ3v) is 3.90. The molecule has 3 nitrogen and oxygen atoms in total. The van der Waals surface area contributed by atoms with Crippen LogP contribution in [-0.2, 0) is 0 Å². The molecule has 14 heavy (non-hydrogen) atoms. The zero-order valence-corrected chi connectivity index (χ0v) is 10.3. The summed E-state index contributed by atoms with van der Waals surface area (Å²) in [5.74, 6) is 0. The molecule has 78 valence electrons. The molecule has 5 heteroatoms. The average Bonchev–Trinajstić information content (AvgIpc) is 2.63. The van der Waals surface area contributed by atoms with Crippen molar-refractivity contribution in [2.24, 2.45) is 0 Å². The first-order valence-corrected chi connectivity index (χ1v) is 6.43. The van der Waals surface area contributed by atoms with Gasteiger partial charge < -0.3 is 10.6 Å². The van der Waals surface area contributed by atoms with Crippen molar-refractivity contribution in [2.45, 2.75) is 0 Å². The monoisotopic (exact) mass is 275 g/mol. The Balaban J connectivity index is 1.76. The zero-order chi connectivity index (χ0) is 9.80. The van der Waals surface area contributed by atoms with E-state index in [4.69, 9.17) is 0 Å². The number of halogens is 1. The van der Waals surface area contributed by atoms with Gasteiger partial charge in [0.1, 0.15) is 0 Å². The molecule has 0 unspecified atom stereocenters. The molecule has 0 bridgehead atoms. The molecule has 2 rings (SSSR count). The predicted octanol–water partition coefficient (Wildman–Crippen LogP) is 1.79. The summed E-state index contributed by atoms with van der Waals surface area (Å²) in [6.45, 7) is 5.44. The van der Waals surface area contributed by atoms with Crippen LogP contribution in [0.4, 0.5) is 5.00 Å². The zero-order valence-electron chi connectivity index (χ0n) is 7.92. The lowest BCUT2D eigenvalue weighted by molar-refractivity contribution is 0.257. The SMILES string of the molecule is Brc1csc(NCN2CCNCC2)c1. The van der Waals surface area contributed by atoms with Crippen LogP contribution in [0.25, 0.3) is 0 Å². The Morgan fingerprint density at radius 3 is 2.93 bits per heavy atom. The first kappa shape index (κ1) is 10.4. The summed E-state index contributed by atoms with van der Waals surface area (Å²) >= 11 is 5.18. The minimum absolute atomic E-state index is 0.953. The summed E-state index contributed by atoms with van der Waals surface area (Å²) in [4.78, 5) is 2.42. The van der Waals surface area contributed by atoms with E-state index < -0.39 is 0 Å². The van der Waals surface area contributed by atoms with Crippen molar-refractivity contribution in [2.75, 3.05) is 38.2 Å². The lowest BCUT2D eigenvalue weighted by Crippen LogP contribution is -2.45. The number of nitrogens with zero attached hydrogens (tertiary/aromatic N) is 1. The van der Waals surface area contributed by atoms with E-state index >= 15 is 0 Å². The Hall–Kier alpha value is -0.100. The van der Waals surface area contributed by atoms with Crippen molar-refractivity contribution >= 4 is 32.3 Å². The van der Waals surface area contributed by atoms with Crippen LogP contribution < -0.4 is 10.6 Å². The Kier molecular flexibility index (Phi) is 3.81. The number of hydrogen-bond acceptors (Lipinski definition) is 4. The molecular formula is C9H14BrN3S. The summed E-state index contributed by atoms with van der Waals surface area (Å²) < 4.78 is 1.16. The molecule has 2 heterocycles. The molecule has 1 saturated heterocycles. The average molecular weight is 276 g/mol. The topological polar surface area (TPSA) is 27.3 Å². The fraction of sp³-hybridized carbons (Fsp3) is 0.556. The van der Waals surface area contributed by atoms with Crippen molar-refractivity contribution in [3.63, 3.8) is 0 Å². The highest BCUT2D eigenvalue weighted by atomic mass is 79.9. The molecule has 1 aromatic heterocycles. The van der Waals surface area contributed by atoms with E-state index in [9.17, 15) is 0 Å². The van der Waals surface area contributed by atoms with Gasteiger partial charge in [0.2, 0.25) is 0 Å². The van der Waals surface area contributed by atoms with Crippen molar-refractivity contribution in [3.05, 3.63) is 15.9 Å². The highest BCUT2D eigenvalue weighted by molar-refractivity contribution is 9.10. The van der Waals surface area contributed by atoms with Gasteiger partial charge in [0, 0.05) is 36.0 Å². The smallest absolute Gasteiger partial charge is 0.0904 e. The summed E-state index contributed by atoms with van der Waals surface area (Å²) in [5, 5.41) is 10.1. The third kappa shape index (κ3) is 2.95. The van der Waals surface area contributed by atoms with Crippen molar-refractivity contribution in [1.29, 1.82) is 0 Å². The van der Waals surface area contributed by atoms with Gasteiger partial charge in [-0.2, -0.15) is 0 Å². The predicted molar refractivity (Wildman–Crippen MR) is 65.0 cm³/mol. The van der Waals surface area contributed by atoms with Gasteiger partial charge in [-0.05, 0) is 22.0 Å². The molecular weight excluding hydrogens is 262 g/mol. The van der Waals surface area contributed by atoms with Crippen LogP contribution in [0.3, 0.4) is 0 Å². The van der Waals surface area contributed by atoms with Gasteiger partial charge >= 0.3 is 0 Å². The maximum atomic E-state index is 3.44. The van der Waals surface area contributed by atoms with Crippen LogP contribution in [0.1, 0.15) is 0 Å². The molecule has 1 aromatic rings. The van der Waals surface area contributed by atoms with E-state index in [2.05, 4.69) is 42.9 Å². The molecule has 1 aliphatic rings. The van der Waals surface area contributed by atoms with Gasteiger partial charge in [0.05, 0.1) is 11.7 Å². The molecule has 0 aliphatic carbocycles. The summed E-state index contributed by atoms with van der Waals surface area (Å²) in [5.41, 5.74) is 0. The van der Waals surface area contributed by atoms with E-state index in [-0.39, 0.29) is 0 Å². The lowest BCUT2D eigenvalue weighted by Gasteiger charge is -2.27. The summed E-state index contributed by atoms with van der Waals surface area (Å²) in [6, 6.07) is 2.12. The number of anilines is 1. The fourth-order valence-corrected chi connectivity index (χ4v) is 2.78. The number of nitrogens with one attached hydrogen (secondary N) is 2. The summed E-state index contributed by atoms with van der Waals surface area (Å²) in [7, 11) is 0. The van der Waals surface area contributed by atoms with Gasteiger partial charge in [-0.25, -0.2) is 0 Å². The molecule has 2 N–H and O–H groups in total. The van der Waals surface area contributed by atoms with Gasteiger partial charge in [0.15, 0.2) is 0 Å². The first-order chi connectivity index (χ1) is 6.84. The Morgan fingerprint density at radius 1 is 1.50 bits per heavy atom. The van der Waals surface area contributed by atoms with Crippen LogP contribution in [0.2, 0.25) is 0 Å². The summed E-state index contributed by atoms with van der Waals surface area (Å²) in [6.07, 6.45) is 0. The van der Waals surface area contributed by atoms with Crippen molar-refractivity contribution in [3.8, 4) is 0 Å². The van der Waals surface area contributed by atoms with Gasteiger partial charge in [-0.15, -0.1) is 11.3 Å². The normalized spacial score (nSPS) is 18.4. The molecule has 0 radical (unpaired) electrons. The molecule has 0 amide bonds. The Labute approximate surface area is 96.6 Å². The van der Waals surface area contributed by atoms with Crippen LogP contribution in [-0.4, -0.2) is 37.7 Å². The third-order valence-electron chi connectivity index (χ3n) is 2.25. The van der Waals surface area contributed by atoms with Gasteiger partial charge in [-0.1, -0.05) is 0 Å². The quantitative estimate of drug-likeness (QED) is 0.881. The second-order valence-corrected chi connectivity index (χ2v) is 5.16.